The van der Waals surface area contributed by atoms with E-state index in [0.717, 1.165) is 0 Å². The smallest absolute Gasteiger partial charge is 0.422 e. The summed E-state index contributed by atoms with van der Waals surface area (Å²) in [5, 5.41) is 0. The molecule has 96 valence electrons. The van der Waals surface area contributed by atoms with E-state index in [2.05, 4.69) is 4.52 Å². The van der Waals surface area contributed by atoms with Crippen molar-refractivity contribution in [3.63, 3.8) is 0 Å². The van der Waals surface area contributed by atoms with Crippen molar-refractivity contribution < 1.29 is 23.1 Å². The summed E-state index contributed by atoms with van der Waals surface area (Å²) in [5.74, 6) is 0.192. The summed E-state index contributed by atoms with van der Waals surface area (Å²) in [6, 6.07) is 5.22. The van der Waals surface area contributed by atoms with Gasteiger partial charge in [0, 0.05) is 0 Å². The van der Waals surface area contributed by atoms with Crippen molar-refractivity contribution in [1.29, 1.82) is 0 Å². The summed E-state index contributed by atoms with van der Waals surface area (Å²) < 4.78 is 32.9. The molecule has 0 aliphatic heterocycles. The van der Waals surface area contributed by atoms with Crippen LogP contribution >= 0.6 is 27.2 Å². The molecule has 6 N–H and O–H groups in total. The molecule has 0 spiro atoms. The van der Waals surface area contributed by atoms with Crippen LogP contribution in [0.4, 0.5) is 0 Å². The Morgan fingerprint density at radius 3 is 1.88 bits per heavy atom. The van der Waals surface area contributed by atoms with Crippen molar-refractivity contribution >= 4 is 27.2 Å². The van der Waals surface area contributed by atoms with Gasteiger partial charge in [0.25, 0.3) is 0 Å². The highest BCUT2D eigenvalue weighted by Gasteiger charge is 2.19. The van der Waals surface area contributed by atoms with Crippen LogP contribution in [0.5, 0.6) is 11.5 Å². The van der Waals surface area contributed by atoms with E-state index in [-0.39, 0.29) is 11.5 Å². The topological polar surface area (TPSA) is 137 Å². The molecule has 0 aromatic heterocycles. The van der Waals surface area contributed by atoms with Crippen LogP contribution < -0.4 is 24.7 Å². The van der Waals surface area contributed by atoms with Crippen LogP contribution in [-0.4, -0.2) is 4.89 Å². The third kappa shape index (κ3) is 5.52. The first-order chi connectivity index (χ1) is 7.72. The molecule has 0 radical (unpaired) electrons. The number of nitrogens with one attached hydrogen (secondary N) is 1. The molecule has 1 atom stereocenters. The quantitative estimate of drug-likeness (QED) is 0.472. The van der Waals surface area contributed by atoms with E-state index < -0.39 is 15.4 Å². The Hall–Kier alpha value is -0.590. The van der Waals surface area contributed by atoms with Crippen LogP contribution in [0.1, 0.15) is 0 Å². The zero-order valence-electron chi connectivity index (χ0n) is 8.32. The van der Waals surface area contributed by atoms with Crippen molar-refractivity contribution in [3.8, 4) is 11.5 Å². The predicted octanol–water partition coefficient (Wildman–Crippen LogP) is 1.31. The standard InChI is InChI=1S/C6H10ClN3O5P2/c7-10-17(12,13)15-6-3-1-5(2-4-6)14-16(8,9)11/h1-4H,(H4,8,9,11)(H2,10,12,13). The molecule has 1 aromatic carbocycles. The highest BCUT2D eigenvalue weighted by molar-refractivity contribution is 7.54. The van der Waals surface area contributed by atoms with E-state index in [9.17, 15) is 9.13 Å². The number of hydrogen-bond donors (Lipinski definition) is 4. The van der Waals surface area contributed by atoms with Gasteiger partial charge >= 0.3 is 15.4 Å². The second kappa shape index (κ2) is 5.37. The zero-order valence-corrected chi connectivity index (χ0v) is 10.9. The average molecular weight is 302 g/mol. The minimum atomic E-state index is -4.08. The number of halogens is 1. The molecule has 11 heteroatoms. The lowest BCUT2D eigenvalue weighted by Crippen LogP contribution is -2.10. The fourth-order valence-corrected chi connectivity index (χ4v) is 1.88. The fraction of sp³-hybridized carbons (Fsp3) is 0. The normalized spacial score (nSPS) is 15.1. The van der Waals surface area contributed by atoms with Gasteiger partial charge in [0.2, 0.25) is 0 Å². The lowest BCUT2D eigenvalue weighted by atomic mass is 10.3. The van der Waals surface area contributed by atoms with Crippen LogP contribution in [0.25, 0.3) is 0 Å². The average Bonchev–Trinajstić information content (AvgIpc) is 2.19. The molecule has 0 fully saturated rings. The van der Waals surface area contributed by atoms with Gasteiger partial charge in [-0.1, -0.05) is 0 Å². The molecule has 1 rings (SSSR count). The molecular weight excluding hydrogens is 291 g/mol. The molecule has 0 bridgehead atoms. The lowest BCUT2D eigenvalue weighted by Gasteiger charge is -2.12. The van der Waals surface area contributed by atoms with E-state index in [1.54, 1.807) is 4.61 Å². The van der Waals surface area contributed by atoms with Gasteiger partial charge in [-0.25, -0.2) is 20.1 Å². The van der Waals surface area contributed by atoms with Gasteiger partial charge < -0.3 is 13.9 Å². The van der Waals surface area contributed by atoms with Gasteiger partial charge in [-0.2, -0.15) is 0 Å². The van der Waals surface area contributed by atoms with Crippen molar-refractivity contribution in [2.45, 2.75) is 0 Å². The van der Waals surface area contributed by atoms with E-state index >= 15 is 0 Å². The molecule has 1 aromatic rings. The van der Waals surface area contributed by atoms with Gasteiger partial charge in [-0.15, -0.1) is 4.61 Å². The van der Waals surface area contributed by atoms with Gasteiger partial charge in [0.15, 0.2) is 0 Å². The summed E-state index contributed by atoms with van der Waals surface area (Å²) in [5.41, 5.74) is 9.99. The molecule has 1 unspecified atom stereocenters. The predicted molar refractivity (Wildman–Crippen MR) is 62.5 cm³/mol. The second-order valence-corrected chi connectivity index (χ2v) is 6.28. The van der Waals surface area contributed by atoms with Crippen LogP contribution in [-0.2, 0) is 9.13 Å². The van der Waals surface area contributed by atoms with Crippen molar-refractivity contribution in [2.75, 3.05) is 0 Å². The molecule has 8 nitrogen and oxygen atoms in total. The third-order valence-corrected chi connectivity index (χ3v) is 3.22. The summed E-state index contributed by atoms with van der Waals surface area (Å²) in [6.07, 6.45) is 0. The van der Waals surface area contributed by atoms with Crippen LogP contribution in [0, 0.1) is 0 Å². The molecule has 0 amide bonds. The monoisotopic (exact) mass is 301 g/mol. The Bertz CT molecular complexity index is 475. The first kappa shape index (κ1) is 14.5. The Morgan fingerprint density at radius 1 is 1.12 bits per heavy atom. The van der Waals surface area contributed by atoms with Gasteiger partial charge in [-0.05, 0) is 36.0 Å². The van der Waals surface area contributed by atoms with Crippen LogP contribution in [0.15, 0.2) is 24.3 Å². The van der Waals surface area contributed by atoms with Crippen molar-refractivity contribution in [3.05, 3.63) is 24.3 Å². The second-order valence-electron chi connectivity index (χ2n) is 2.90. The first-order valence-electron chi connectivity index (χ1n) is 4.09. The maximum atomic E-state index is 11.0. The van der Waals surface area contributed by atoms with E-state index in [1.807, 2.05) is 0 Å². The van der Waals surface area contributed by atoms with E-state index in [0.29, 0.717) is 0 Å². The molecule has 17 heavy (non-hydrogen) atoms. The van der Waals surface area contributed by atoms with E-state index in [1.165, 1.54) is 24.3 Å². The molecule has 0 heterocycles. The Kier molecular flexibility index (Phi) is 4.57. The number of nitrogens with two attached hydrogens (primary N) is 2. The molecule has 0 saturated carbocycles. The van der Waals surface area contributed by atoms with Gasteiger partial charge in [0.05, 0.1) is 0 Å². The highest BCUT2D eigenvalue weighted by atomic mass is 35.5. The highest BCUT2D eigenvalue weighted by Crippen LogP contribution is 2.39. The Labute approximate surface area is 102 Å². The number of hydrogen-bond acceptors (Lipinski definition) is 4. The third-order valence-electron chi connectivity index (χ3n) is 1.41. The maximum absolute atomic E-state index is 11.0. The van der Waals surface area contributed by atoms with Crippen molar-refractivity contribution in [2.24, 2.45) is 11.0 Å². The van der Waals surface area contributed by atoms with Gasteiger partial charge in [0.1, 0.15) is 11.5 Å². The molecular formula is C6H10ClN3O5P2. The Balaban J connectivity index is 2.75. The fourth-order valence-electron chi connectivity index (χ4n) is 0.886. The minimum Gasteiger partial charge on any atom is -0.422 e. The van der Waals surface area contributed by atoms with E-state index in [4.69, 9.17) is 32.2 Å². The van der Waals surface area contributed by atoms with Crippen molar-refractivity contribution in [1.82, 2.24) is 4.61 Å². The molecule has 0 saturated heterocycles. The Morgan fingerprint density at radius 2 is 1.53 bits per heavy atom. The summed E-state index contributed by atoms with van der Waals surface area (Å²) in [6.45, 7) is 0. The SMILES string of the molecule is NP(N)(=O)Oc1ccc(OP(=O)(O)NCl)cc1. The summed E-state index contributed by atoms with van der Waals surface area (Å²) >= 11 is 4.98. The van der Waals surface area contributed by atoms with Crippen LogP contribution in [0.3, 0.4) is 0 Å². The lowest BCUT2D eigenvalue weighted by molar-refractivity contribution is 0.375. The summed E-state index contributed by atoms with van der Waals surface area (Å²) in [4.78, 5) is 9.01. The van der Waals surface area contributed by atoms with Gasteiger partial charge in [-0.3, -0.25) is 0 Å². The minimum absolute atomic E-state index is 0.0557. The first-order valence-corrected chi connectivity index (χ1v) is 7.81. The number of benzene rings is 1. The molecule has 0 aliphatic rings. The summed E-state index contributed by atoms with van der Waals surface area (Å²) in [7, 11) is -7.71. The van der Waals surface area contributed by atoms with Crippen LogP contribution in [0.2, 0.25) is 0 Å². The largest absolute Gasteiger partial charge is 0.470 e. The zero-order chi connectivity index (χ0) is 13.1. The number of rotatable bonds is 5. The molecule has 0 aliphatic carbocycles. The maximum Gasteiger partial charge on any atom is 0.470 e.